The van der Waals surface area contributed by atoms with E-state index >= 15 is 0 Å². The smallest absolute Gasteiger partial charge is 0.236 e. The monoisotopic (exact) mass is 256 g/mol. The van der Waals surface area contributed by atoms with E-state index in [1.807, 2.05) is 4.90 Å². The van der Waals surface area contributed by atoms with Gasteiger partial charge in [-0.2, -0.15) is 0 Å². The Morgan fingerprint density at radius 2 is 1.89 bits per heavy atom. The molecule has 0 radical (unpaired) electrons. The number of unbranched alkanes of at least 4 members (excludes halogenated alkanes) is 1. The summed E-state index contributed by atoms with van der Waals surface area (Å²) in [5.74, 6) is 0.251. The topological polar surface area (TPSA) is 41.6 Å². The number of rotatable bonds is 9. The summed E-state index contributed by atoms with van der Waals surface area (Å²) in [5.41, 5.74) is 0. The van der Waals surface area contributed by atoms with Gasteiger partial charge >= 0.3 is 0 Å². The van der Waals surface area contributed by atoms with Crippen LogP contribution >= 0.6 is 0 Å². The van der Waals surface area contributed by atoms with Crippen molar-refractivity contribution in [1.29, 1.82) is 0 Å². The molecule has 0 aromatic carbocycles. The molecule has 1 N–H and O–H groups in total. The largest absolute Gasteiger partial charge is 0.381 e. The lowest BCUT2D eigenvalue weighted by Crippen LogP contribution is -2.41. The summed E-state index contributed by atoms with van der Waals surface area (Å²) in [6.07, 6.45) is 6.90. The van der Waals surface area contributed by atoms with Crippen LogP contribution in [0.1, 0.15) is 45.4 Å². The van der Waals surface area contributed by atoms with Gasteiger partial charge in [-0.05, 0) is 38.6 Å². The zero-order valence-electron chi connectivity index (χ0n) is 11.7. The van der Waals surface area contributed by atoms with Crippen LogP contribution in [0.15, 0.2) is 0 Å². The molecule has 18 heavy (non-hydrogen) atoms. The van der Waals surface area contributed by atoms with Crippen molar-refractivity contribution in [2.75, 3.05) is 39.4 Å². The molecule has 1 heterocycles. The molecular weight excluding hydrogens is 228 g/mol. The maximum absolute atomic E-state index is 11.8. The van der Waals surface area contributed by atoms with Crippen LogP contribution in [-0.4, -0.2) is 50.2 Å². The van der Waals surface area contributed by atoms with Crippen molar-refractivity contribution in [2.24, 2.45) is 0 Å². The third-order valence-corrected chi connectivity index (χ3v) is 3.27. The average Bonchev–Trinajstić information content (AvgIpc) is 2.42. The SMILES string of the molecule is CCCCOCCCNCC(=O)N1CCCCC1. The fraction of sp³-hybridized carbons (Fsp3) is 0.929. The van der Waals surface area contributed by atoms with Gasteiger partial charge in [0.25, 0.3) is 0 Å². The summed E-state index contributed by atoms with van der Waals surface area (Å²) >= 11 is 0. The van der Waals surface area contributed by atoms with Crippen molar-refractivity contribution in [3.63, 3.8) is 0 Å². The molecule has 1 aliphatic rings. The van der Waals surface area contributed by atoms with Gasteiger partial charge < -0.3 is 15.0 Å². The highest BCUT2D eigenvalue weighted by molar-refractivity contribution is 5.78. The van der Waals surface area contributed by atoms with Crippen LogP contribution in [0.3, 0.4) is 0 Å². The van der Waals surface area contributed by atoms with Gasteiger partial charge in [-0.15, -0.1) is 0 Å². The minimum absolute atomic E-state index is 0.251. The zero-order chi connectivity index (χ0) is 13.1. The quantitative estimate of drug-likeness (QED) is 0.640. The molecule has 0 saturated carbocycles. The minimum atomic E-state index is 0.251. The average molecular weight is 256 g/mol. The lowest BCUT2D eigenvalue weighted by atomic mass is 10.1. The number of amides is 1. The Morgan fingerprint density at radius 1 is 1.17 bits per heavy atom. The minimum Gasteiger partial charge on any atom is -0.381 e. The van der Waals surface area contributed by atoms with Gasteiger partial charge in [0.1, 0.15) is 0 Å². The Morgan fingerprint density at radius 3 is 2.61 bits per heavy atom. The third kappa shape index (κ3) is 6.97. The molecule has 0 unspecified atom stereocenters. The van der Waals surface area contributed by atoms with E-state index in [-0.39, 0.29) is 5.91 Å². The molecule has 1 aliphatic heterocycles. The van der Waals surface area contributed by atoms with Gasteiger partial charge in [0, 0.05) is 26.3 Å². The molecule has 0 aromatic heterocycles. The van der Waals surface area contributed by atoms with Crippen LogP contribution in [-0.2, 0) is 9.53 Å². The van der Waals surface area contributed by atoms with Crippen LogP contribution in [0.2, 0.25) is 0 Å². The Balaban J connectivity index is 1.89. The maximum Gasteiger partial charge on any atom is 0.236 e. The molecule has 0 bridgehead atoms. The zero-order valence-corrected chi connectivity index (χ0v) is 11.7. The van der Waals surface area contributed by atoms with Gasteiger partial charge in [0.05, 0.1) is 6.54 Å². The maximum atomic E-state index is 11.8. The number of nitrogens with one attached hydrogen (secondary N) is 1. The van der Waals surface area contributed by atoms with Gasteiger partial charge in [0.15, 0.2) is 0 Å². The number of hydrogen-bond donors (Lipinski definition) is 1. The second kappa shape index (κ2) is 10.3. The number of hydrogen-bond acceptors (Lipinski definition) is 3. The van der Waals surface area contributed by atoms with E-state index in [1.54, 1.807) is 0 Å². The fourth-order valence-corrected chi connectivity index (χ4v) is 2.10. The number of likely N-dealkylation sites (tertiary alicyclic amines) is 1. The molecule has 0 aromatic rings. The highest BCUT2D eigenvalue weighted by atomic mass is 16.5. The van der Waals surface area contributed by atoms with Crippen LogP contribution in [0, 0.1) is 0 Å². The molecule has 1 rings (SSSR count). The molecule has 4 heteroatoms. The van der Waals surface area contributed by atoms with Crippen LogP contribution in [0.4, 0.5) is 0 Å². The number of carbonyl (C=O) groups excluding carboxylic acids is 1. The first-order valence-corrected chi connectivity index (χ1v) is 7.41. The van der Waals surface area contributed by atoms with Crippen molar-refractivity contribution < 1.29 is 9.53 Å². The van der Waals surface area contributed by atoms with E-state index in [0.717, 1.165) is 58.5 Å². The standard InChI is InChI=1S/C14H28N2O2/c1-2-3-11-18-12-7-8-15-13-14(17)16-9-5-4-6-10-16/h15H,2-13H2,1H3. The van der Waals surface area contributed by atoms with Crippen molar-refractivity contribution in [1.82, 2.24) is 10.2 Å². The molecule has 0 spiro atoms. The molecule has 4 nitrogen and oxygen atoms in total. The van der Waals surface area contributed by atoms with Crippen molar-refractivity contribution in [2.45, 2.75) is 45.4 Å². The highest BCUT2D eigenvalue weighted by Crippen LogP contribution is 2.08. The van der Waals surface area contributed by atoms with Gasteiger partial charge in [0.2, 0.25) is 5.91 Å². The summed E-state index contributed by atoms with van der Waals surface area (Å²) in [6, 6.07) is 0. The van der Waals surface area contributed by atoms with Gasteiger partial charge in [-0.3, -0.25) is 4.79 Å². The Kier molecular flexibility index (Phi) is 8.86. The Labute approximate surface area is 111 Å². The third-order valence-electron chi connectivity index (χ3n) is 3.27. The first-order valence-electron chi connectivity index (χ1n) is 7.41. The summed E-state index contributed by atoms with van der Waals surface area (Å²) in [6.45, 7) is 7.06. The van der Waals surface area contributed by atoms with Crippen LogP contribution in [0.5, 0.6) is 0 Å². The Hall–Kier alpha value is -0.610. The molecule has 106 valence electrons. The first kappa shape index (κ1) is 15.4. The molecule has 0 aliphatic carbocycles. The van der Waals surface area contributed by atoms with Crippen LogP contribution in [0.25, 0.3) is 0 Å². The Bertz CT molecular complexity index is 216. The predicted octanol–water partition coefficient (Wildman–Crippen LogP) is 1.80. The van der Waals surface area contributed by atoms with Gasteiger partial charge in [-0.25, -0.2) is 0 Å². The van der Waals surface area contributed by atoms with Crippen LogP contribution < -0.4 is 5.32 Å². The fourth-order valence-electron chi connectivity index (χ4n) is 2.10. The number of piperidine rings is 1. The summed E-state index contributed by atoms with van der Waals surface area (Å²) < 4.78 is 5.46. The van der Waals surface area contributed by atoms with Crippen molar-refractivity contribution in [3.05, 3.63) is 0 Å². The molecule has 1 amide bonds. The van der Waals surface area contributed by atoms with E-state index in [0.29, 0.717) is 6.54 Å². The summed E-state index contributed by atoms with van der Waals surface area (Å²) in [4.78, 5) is 13.8. The molecule has 1 fully saturated rings. The van der Waals surface area contributed by atoms with E-state index in [1.165, 1.54) is 12.8 Å². The number of carbonyl (C=O) groups is 1. The van der Waals surface area contributed by atoms with E-state index in [9.17, 15) is 4.79 Å². The summed E-state index contributed by atoms with van der Waals surface area (Å²) in [7, 11) is 0. The molecular formula is C14H28N2O2. The highest BCUT2D eigenvalue weighted by Gasteiger charge is 2.15. The molecule has 1 saturated heterocycles. The lowest BCUT2D eigenvalue weighted by Gasteiger charge is -2.26. The normalized spacial score (nSPS) is 15.9. The lowest BCUT2D eigenvalue weighted by molar-refractivity contribution is -0.131. The van der Waals surface area contributed by atoms with Crippen molar-refractivity contribution in [3.8, 4) is 0 Å². The second-order valence-electron chi connectivity index (χ2n) is 4.94. The van der Waals surface area contributed by atoms with E-state index in [4.69, 9.17) is 4.74 Å². The van der Waals surface area contributed by atoms with Gasteiger partial charge in [-0.1, -0.05) is 13.3 Å². The first-order chi connectivity index (χ1) is 8.84. The van der Waals surface area contributed by atoms with Crippen molar-refractivity contribution >= 4 is 5.91 Å². The second-order valence-corrected chi connectivity index (χ2v) is 4.94. The molecule has 0 atom stereocenters. The number of ether oxygens (including phenoxy) is 1. The number of nitrogens with zero attached hydrogens (tertiary/aromatic N) is 1. The van der Waals surface area contributed by atoms with E-state index < -0.39 is 0 Å². The predicted molar refractivity (Wildman–Crippen MR) is 73.6 cm³/mol. The summed E-state index contributed by atoms with van der Waals surface area (Å²) in [5, 5.41) is 3.20. The van der Waals surface area contributed by atoms with E-state index in [2.05, 4.69) is 12.2 Å².